The van der Waals surface area contributed by atoms with Gasteiger partial charge in [0.2, 0.25) is 0 Å². The molecule has 8 nitrogen and oxygen atoms in total. The van der Waals surface area contributed by atoms with E-state index in [1.165, 1.54) is 19.2 Å². The highest BCUT2D eigenvalue weighted by atomic mass is 35.5. The Morgan fingerprint density at radius 1 is 1.50 bits per heavy atom. The van der Waals surface area contributed by atoms with Crippen LogP contribution in [0.1, 0.15) is 23.2 Å². The Morgan fingerprint density at radius 2 is 2.27 bits per heavy atom. The molecule has 0 spiro atoms. The molecule has 1 atom stereocenters. The van der Waals surface area contributed by atoms with Crippen LogP contribution < -0.4 is 15.8 Å². The van der Waals surface area contributed by atoms with Crippen molar-refractivity contribution in [1.29, 1.82) is 0 Å². The third kappa shape index (κ3) is 5.76. The van der Waals surface area contributed by atoms with Crippen molar-refractivity contribution in [1.82, 2.24) is 10.2 Å². The van der Waals surface area contributed by atoms with Crippen LogP contribution in [0.15, 0.2) is 12.1 Å². The maximum atomic E-state index is 12.4. The number of carboxylic acid groups (broad SMARTS) is 1. The summed E-state index contributed by atoms with van der Waals surface area (Å²) in [4.78, 5) is 25.2. The standard InChI is InChI=1S/C17H24ClN3O5/c1-25-15-8-14(19)13(18)7-12(15)17(24)20-9-11-10-21(5-6-26-11)4-2-3-16(22)23/h7-8,11H,2-6,9-10,19H2,1H3,(H,20,24)(H,22,23). The summed E-state index contributed by atoms with van der Waals surface area (Å²) in [6.07, 6.45) is 0.583. The second-order valence-electron chi connectivity index (χ2n) is 6.07. The number of hydrogen-bond donors (Lipinski definition) is 3. The van der Waals surface area contributed by atoms with Crippen LogP contribution in [0.3, 0.4) is 0 Å². The summed E-state index contributed by atoms with van der Waals surface area (Å²) >= 11 is 5.99. The number of hydrogen-bond acceptors (Lipinski definition) is 6. The Balaban J connectivity index is 1.87. The fourth-order valence-electron chi connectivity index (χ4n) is 2.78. The fourth-order valence-corrected chi connectivity index (χ4v) is 2.94. The number of anilines is 1. The number of amides is 1. The Labute approximate surface area is 157 Å². The van der Waals surface area contributed by atoms with Crippen LogP contribution in [-0.4, -0.2) is 67.9 Å². The minimum absolute atomic E-state index is 0.149. The fraction of sp³-hybridized carbons (Fsp3) is 0.529. The Bertz CT molecular complexity index is 656. The predicted molar refractivity (Wildman–Crippen MR) is 97.8 cm³/mol. The maximum Gasteiger partial charge on any atom is 0.303 e. The molecule has 1 aliphatic heterocycles. The summed E-state index contributed by atoms with van der Waals surface area (Å²) < 4.78 is 10.9. The molecule has 1 aromatic carbocycles. The first-order chi connectivity index (χ1) is 12.4. The summed E-state index contributed by atoms with van der Waals surface area (Å²) in [5.41, 5.74) is 6.37. The van der Waals surface area contributed by atoms with E-state index in [1.807, 2.05) is 0 Å². The van der Waals surface area contributed by atoms with E-state index in [1.54, 1.807) is 0 Å². The number of halogens is 1. The van der Waals surface area contributed by atoms with Gasteiger partial charge >= 0.3 is 5.97 Å². The Morgan fingerprint density at radius 3 is 2.96 bits per heavy atom. The van der Waals surface area contributed by atoms with Gasteiger partial charge < -0.3 is 25.6 Å². The molecule has 0 bridgehead atoms. The number of carboxylic acids is 1. The zero-order valence-corrected chi connectivity index (χ0v) is 15.4. The monoisotopic (exact) mass is 385 g/mol. The molecule has 144 valence electrons. The van der Waals surface area contributed by atoms with Gasteiger partial charge in [0.1, 0.15) is 5.75 Å². The van der Waals surface area contributed by atoms with Crippen LogP contribution in [0.25, 0.3) is 0 Å². The summed E-state index contributed by atoms with van der Waals surface area (Å²) in [5, 5.41) is 11.8. The highest BCUT2D eigenvalue weighted by Crippen LogP contribution is 2.28. The zero-order chi connectivity index (χ0) is 19.1. The molecule has 1 aliphatic rings. The van der Waals surface area contributed by atoms with E-state index in [0.717, 1.165) is 6.54 Å². The van der Waals surface area contributed by atoms with Crippen molar-refractivity contribution in [2.45, 2.75) is 18.9 Å². The SMILES string of the molecule is COc1cc(N)c(Cl)cc1C(=O)NCC1CN(CCCC(=O)O)CCO1. The van der Waals surface area contributed by atoms with Gasteiger partial charge in [-0.3, -0.25) is 14.5 Å². The average Bonchev–Trinajstić information content (AvgIpc) is 2.61. The van der Waals surface area contributed by atoms with Crippen molar-refractivity contribution in [3.63, 3.8) is 0 Å². The van der Waals surface area contributed by atoms with E-state index in [2.05, 4.69) is 10.2 Å². The second kappa shape index (κ2) is 9.61. The summed E-state index contributed by atoms with van der Waals surface area (Å²) in [6, 6.07) is 2.99. The molecule has 1 aromatic rings. The lowest BCUT2D eigenvalue weighted by Gasteiger charge is -2.32. The number of nitrogens with one attached hydrogen (secondary N) is 1. The molecule has 1 fully saturated rings. The molecule has 0 saturated carbocycles. The molecule has 0 aromatic heterocycles. The second-order valence-corrected chi connectivity index (χ2v) is 6.48. The predicted octanol–water partition coefficient (Wildman–Crippen LogP) is 1.23. The molecule has 2 rings (SSSR count). The first kappa shape index (κ1) is 20.3. The number of nitrogen functional groups attached to an aromatic ring is 1. The lowest BCUT2D eigenvalue weighted by Crippen LogP contribution is -2.47. The van der Waals surface area contributed by atoms with Crippen LogP contribution in [-0.2, 0) is 9.53 Å². The molecule has 0 aliphatic carbocycles. The Kier molecular flexibility index (Phi) is 7.50. The molecular formula is C17H24ClN3O5. The van der Waals surface area contributed by atoms with E-state index in [-0.39, 0.29) is 23.5 Å². The summed E-state index contributed by atoms with van der Waals surface area (Å²) in [5.74, 6) is -0.766. The number of rotatable bonds is 8. The number of carbonyl (C=O) groups is 2. The van der Waals surface area contributed by atoms with Gasteiger partial charge in [-0.05, 0) is 19.0 Å². The average molecular weight is 386 g/mol. The molecule has 4 N–H and O–H groups in total. The minimum Gasteiger partial charge on any atom is -0.496 e. The van der Waals surface area contributed by atoms with Crippen LogP contribution in [0.5, 0.6) is 5.75 Å². The molecule has 1 unspecified atom stereocenters. The van der Waals surface area contributed by atoms with E-state index in [4.69, 9.17) is 31.9 Å². The van der Waals surface area contributed by atoms with Crippen LogP contribution in [0.4, 0.5) is 5.69 Å². The molecule has 9 heteroatoms. The third-order valence-electron chi connectivity index (χ3n) is 4.14. The van der Waals surface area contributed by atoms with E-state index in [0.29, 0.717) is 49.7 Å². The summed E-state index contributed by atoms with van der Waals surface area (Å²) in [6.45, 7) is 2.97. The molecule has 0 radical (unpaired) electrons. The maximum absolute atomic E-state index is 12.4. The molecule has 1 saturated heterocycles. The van der Waals surface area contributed by atoms with Crippen molar-refractivity contribution in [2.75, 3.05) is 45.6 Å². The largest absolute Gasteiger partial charge is 0.496 e. The van der Waals surface area contributed by atoms with Crippen molar-refractivity contribution in [2.24, 2.45) is 0 Å². The summed E-state index contributed by atoms with van der Waals surface area (Å²) in [7, 11) is 1.46. The highest BCUT2D eigenvalue weighted by molar-refractivity contribution is 6.33. The first-order valence-electron chi connectivity index (χ1n) is 8.37. The first-order valence-corrected chi connectivity index (χ1v) is 8.75. The van der Waals surface area contributed by atoms with Crippen LogP contribution >= 0.6 is 11.6 Å². The van der Waals surface area contributed by atoms with Gasteiger partial charge in [-0.15, -0.1) is 0 Å². The number of methoxy groups -OCH3 is 1. The Hall–Kier alpha value is -2.03. The van der Waals surface area contributed by atoms with Crippen molar-refractivity contribution < 1.29 is 24.2 Å². The van der Waals surface area contributed by atoms with E-state index >= 15 is 0 Å². The van der Waals surface area contributed by atoms with Gasteiger partial charge in [-0.25, -0.2) is 0 Å². The normalized spacial score (nSPS) is 17.7. The van der Waals surface area contributed by atoms with E-state index in [9.17, 15) is 9.59 Å². The third-order valence-corrected chi connectivity index (χ3v) is 4.47. The molecule has 1 heterocycles. The van der Waals surface area contributed by atoms with Crippen LogP contribution in [0, 0.1) is 0 Å². The van der Waals surface area contributed by atoms with Crippen molar-refractivity contribution >= 4 is 29.2 Å². The molecule has 26 heavy (non-hydrogen) atoms. The smallest absolute Gasteiger partial charge is 0.303 e. The van der Waals surface area contributed by atoms with Crippen molar-refractivity contribution in [3.8, 4) is 5.75 Å². The van der Waals surface area contributed by atoms with Gasteiger partial charge in [0.05, 0.1) is 36.1 Å². The van der Waals surface area contributed by atoms with Crippen LogP contribution in [0.2, 0.25) is 5.02 Å². The lowest BCUT2D eigenvalue weighted by molar-refractivity contribution is -0.137. The molecule has 1 amide bonds. The van der Waals surface area contributed by atoms with Gasteiger partial charge in [0, 0.05) is 32.1 Å². The van der Waals surface area contributed by atoms with Gasteiger partial charge in [-0.1, -0.05) is 11.6 Å². The van der Waals surface area contributed by atoms with Crippen molar-refractivity contribution in [3.05, 3.63) is 22.7 Å². The van der Waals surface area contributed by atoms with Gasteiger partial charge in [-0.2, -0.15) is 0 Å². The highest BCUT2D eigenvalue weighted by Gasteiger charge is 2.22. The number of aliphatic carboxylic acids is 1. The van der Waals surface area contributed by atoms with Gasteiger partial charge in [0.25, 0.3) is 5.91 Å². The quantitative estimate of drug-likeness (QED) is 0.576. The zero-order valence-electron chi connectivity index (χ0n) is 14.7. The lowest BCUT2D eigenvalue weighted by atomic mass is 10.1. The number of nitrogens with zero attached hydrogens (tertiary/aromatic N) is 1. The number of ether oxygens (including phenoxy) is 2. The van der Waals surface area contributed by atoms with Gasteiger partial charge in [0.15, 0.2) is 0 Å². The number of nitrogens with two attached hydrogens (primary N) is 1. The topological polar surface area (TPSA) is 114 Å². The van der Waals surface area contributed by atoms with E-state index < -0.39 is 5.97 Å². The number of morpholine rings is 1. The molecular weight excluding hydrogens is 362 g/mol. The number of benzene rings is 1. The number of carbonyl (C=O) groups excluding carboxylic acids is 1. The minimum atomic E-state index is -0.793.